The molecule has 3 heterocycles. The first kappa shape index (κ1) is 19.4. The maximum Gasteiger partial charge on any atom is 0.161 e. The second kappa shape index (κ2) is 7.27. The molecule has 0 atom stereocenters. The average Bonchev–Trinajstić information content (AvgIpc) is 3.51. The largest absolute Gasteiger partial charge is 0.248 e. The van der Waals surface area contributed by atoms with Crippen LogP contribution in [0.15, 0.2) is 119 Å². The molecule has 0 saturated heterocycles. The highest BCUT2D eigenvalue weighted by Gasteiger charge is 2.25. The van der Waals surface area contributed by atoms with Crippen LogP contribution in [0.2, 0.25) is 0 Å². The van der Waals surface area contributed by atoms with Gasteiger partial charge in [0.05, 0.1) is 33.3 Å². The van der Waals surface area contributed by atoms with E-state index >= 15 is 0 Å². The van der Waals surface area contributed by atoms with E-state index in [4.69, 9.17) is 20.0 Å². The van der Waals surface area contributed by atoms with Crippen LogP contribution in [0.5, 0.6) is 0 Å². The fourth-order valence-corrected chi connectivity index (χ4v) is 5.40. The van der Waals surface area contributed by atoms with Crippen molar-refractivity contribution in [3.05, 3.63) is 130 Å². The molecule has 1 aromatic heterocycles. The highest BCUT2D eigenvalue weighted by molar-refractivity contribution is 5.98. The Morgan fingerprint density at radius 2 is 1.33 bits per heavy atom. The molecule has 0 unspecified atom stereocenters. The number of benzene rings is 5. The number of aromatic nitrogens is 2. The number of hydrogen-bond donors (Lipinski definition) is 0. The lowest BCUT2D eigenvalue weighted by atomic mass is 9.96. The van der Waals surface area contributed by atoms with Crippen LogP contribution in [0, 0.1) is 10.4 Å². The number of para-hydroxylation sites is 2. The third-order valence-corrected chi connectivity index (χ3v) is 7.01. The molecule has 0 saturated carbocycles. The van der Waals surface area contributed by atoms with Crippen molar-refractivity contribution in [3.63, 3.8) is 0 Å². The molecular formula is C32H18N4. The van der Waals surface area contributed by atoms with E-state index < -0.39 is 0 Å². The van der Waals surface area contributed by atoms with E-state index in [0.717, 1.165) is 71.4 Å². The van der Waals surface area contributed by atoms with Gasteiger partial charge in [-0.2, -0.15) is 0 Å². The summed E-state index contributed by atoms with van der Waals surface area (Å²) in [7, 11) is 0. The number of fused-ring (bicyclic) bond motifs is 7. The van der Waals surface area contributed by atoms with Gasteiger partial charge in [-0.25, -0.2) is 20.0 Å². The monoisotopic (exact) mass is 458 g/mol. The van der Waals surface area contributed by atoms with Crippen molar-refractivity contribution in [1.29, 1.82) is 0 Å². The average molecular weight is 459 g/mol. The topological polar surface area (TPSA) is 50.5 Å². The molecule has 0 amide bonds. The Labute approximate surface area is 206 Å². The Balaban J connectivity index is 1.44. The van der Waals surface area contributed by atoms with E-state index in [1.54, 1.807) is 0 Å². The zero-order chi connectivity index (χ0) is 23.6. The Hall–Kier alpha value is -4.96. The predicted molar refractivity (Wildman–Crippen MR) is 142 cm³/mol. The van der Waals surface area contributed by atoms with Crippen molar-refractivity contribution in [1.82, 2.24) is 9.97 Å². The van der Waals surface area contributed by atoms with Gasteiger partial charge in [0.1, 0.15) is 0 Å². The minimum Gasteiger partial charge on any atom is -0.248 e. The second-order valence-corrected chi connectivity index (χ2v) is 9.08. The lowest BCUT2D eigenvalue weighted by molar-refractivity contribution is 1.23. The van der Waals surface area contributed by atoms with Crippen LogP contribution in [0.1, 0.15) is 0 Å². The van der Waals surface area contributed by atoms with E-state index in [2.05, 4.69) is 66.7 Å². The molecule has 4 nitrogen and oxygen atoms in total. The Kier molecular flexibility index (Phi) is 3.91. The molecule has 0 radical (unpaired) electrons. The molecule has 2 aliphatic rings. The van der Waals surface area contributed by atoms with Crippen molar-refractivity contribution in [2.45, 2.75) is 0 Å². The SMILES string of the molecule is c1ccc(-c2nc(-c3cccc4c3-c3c5c(ccc3=N4)=c3ccccc3=N5)nc3ccccc23)cc1. The van der Waals surface area contributed by atoms with Crippen molar-refractivity contribution in [2.75, 3.05) is 0 Å². The van der Waals surface area contributed by atoms with Crippen molar-refractivity contribution >= 4 is 22.3 Å². The quantitative estimate of drug-likeness (QED) is 0.299. The zero-order valence-corrected chi connectivity index (χ0v) is 19.2. The van der Waals surface area contributed by atoms with E-state index in [0.29, 0.717) is 5.82 Å². The van der Waals surface area contributed by atoms with Gasteiger partial charge in [0.2, 0.25) is 0 Å². The van der Waals surface area contributed by atoms with Crippen LogP contribution < -0.4 is 10.7 Å². The molecule has 0 aliphatic carbocycles. The van der Waals surface area contributed by atoms with Crippen molar-refractivity contribution in [2.24, 2.45) is 9.98 Å². The van der Waals surface area contributed by atoms with Gasteiger partial charge in [0.25, 0.3) is 0 Å². The van der Waals surface area contributed by atoms with E-state index in [9.17, 15) is 0 Å². The molecule has 2 aliphatic heterocycles. The number of nitrogens with zero attached hydrogens (tertiary/aromatic N) is 4. The maximum absolute atomic E-state index is 5.14. The standard InChI is InChI=1S/C32H18N4/c1-2-9-19(10-3-1)30-22-12-5-7-15-25(22)35-32(36-30)23-13-8-16-26-28(23)29-27(33-26)18-17-21-20-11-4-6-14-24(20)34-31(21)29/h1-18H. The first-order chi connectivity index (χ1) is 17.8. The molecular weight excluding hydrogens is 440 g/mol. The molecule has 0 fully saturated rings. The van der Waals surface area contributed by atoms with Crippen LogP contribution in [0.25, 0.3) is 44.7 Å². The Morgan fingerprint density at radius 1 is 0.500 bits per heavy atom. The molecule has 0 spiro atoms. The molecule has 36 heavy (non-hydrogen) atoms. The van der Waals surface area contributed by atoms with Gasteiger partial charge < -0.3 is 0 Å². The van der Waals surface area contributed by atoms with Gasteiger partial charge in [0.15, 0.2) is 5.82 Å². The molecule has 8 rings (SSSR count). The predicted octanol–water partition coefficient (Wildman–Crippen LogP) is 6.45. The van der Waals surface area contributed by atoms with Crippen LogP contribution in [0.3, 0.4) is 0 Å². The van der Waals surface area contributed by atoms with Gasteiger partial charge in [-0.1, -0.05) is 78.9 Å². The molecule has 4 heteroatoms. The minimum atomic E-state index is 0.695. The lowest BCUT2D eigenvalue weighted by Gasteiger charge is -2.13. The minimum absolute atomic E-state index is 0.695. The molecule has 0 N–H and O–H groups in total. The Bertz CT molecular complexity index is 2100. The summed E-state index contributed by atoms with van der Waals surface area (Å²) in [6.07, 6.45) is 0. The summed E-state index contributed by atoms with van der Waals surface area (Å²) < 4.78 is 0. The Morgan fingerprint density at radius 3 is 2.28 bits per heavy atom. The molecule has 0 bridgehead atoms. The fourth-order valence-electron chi connectivity index (χ4n) is 5.40. The van der Waals surface area contributed by atoms with Gasteiger partial charge in [-0.3, -0.25) is 0 Å². The highest BCUT2D eigenvalue weighted by atomic mass is 14.9. The van der Waals surface area contributed by atoms with E-state index in [1.807, 2.05) is 42.5 Å². The van der Waals surface area contributed by atoms with Crippen molar-refractivity contribution in [3.8, 4) is 33.8 Å². The number of hydrogen-bond acceptors (Lipinski definition) is 4. The first-order valence-corrected chi connectivity index (χ1v) is 12.0. The summed E-state index contributed by atoms with van der Waals surface area (Å²) in [5.74, 6) is 0.695. The van der Waals surface area contributed by atoms with Crippen molar-refractivity contribution < 1.29 is 0 Å². The molecule has 6 aromatic rings. The van der Waals surface area contributed by atoms with E-state index in [1.165, 1.54) is 0 Å². The third kappa shape index (κ3) is 2.70. The summed E-state index contributed by atoms with van der Waals surface area (Å²) in [5.41, 5.74) is 7.91. The lowest BCUT2D eigenvalue weighted by Crippen LogP contribution is -2.02. The van der Waals surface area contributed by atoms with E-state index in [-0.39, 0.29) is 0 Å². The fraction of sp³-hybridized carbons (Fsp3) is 0. The summed E-state index contributed by atoms with van der Waals surface area (Å²) in [5, 5.41) is 5.29. The first-order valence-electron chi connectivity index (χ1n) is 12.0. The van der Waals surface area contributed by atoms with Gasteiger partial charge in [0, 0.05) is 38.1 Å². The summed E-state index contributed by atoms with van der Waals surface area (Å²) in [6.45, 7) is 0. The van der Waals surface area contributed by atoms with Gasteiger partial charge in [-0.05, 0) is 30.3 Å². The second-order valence-electron chi connectivity index (χ2n) is 9.08. The van der Waals surface area contributed by atoms with Crippen LogP contribution in [-0.4, -0.2) is 9.97 Å². The van der Waals surface area contributed by atoms with Crippen LogP contribution in [0.4, 0.5) is 11.4 Å². The molecule has 166 valence electrons. The molecule has 5 aromatic carbocycles. The van der Waals surface area contributed by atoms with Crippen LogP contribution in [-0.2, 0) is 0 Å². The highest BCUT2D eigenvalue weighted by Crippen LogP contribution is 2.45. The van der Waals surface area contributed by atoms with Gasteiger partial charge in [-0.15, -0.1) is 0 Å². The normalized spacial score (nSPS) is 12.3. The smallest absolute Gasteiger partial charge is 0.161 e. The maximum atomic E-state index is 5.14. The van der Waals surface area contributed by atoms with Crippen LogP contribution >= 0.6 is 0 Å². The van der Waals surface area contributed by atoms with Gasteiger partial charge >= 0.3 is 0 Å². The summed E-state index contributed by atoms with van der Waals surface area (Å²) in [4.78, 5) is 20.2. The summed E-state index contributed by atoms with van der Waals surface area (Å²) in [6, 6.07) is 37.3. The number of rotatable bonds is 2. The zero-order valence-electron chi connectivity index (χ0n) is 19.2. The third-order valence-electron chi connectivity index (χ3n) is 7.01. The summed E-state index contributed by atoms with van der Waals surface area (Å²) >= 11 is 0.